The molecule has 0 amide bonds. The van der Waals surface area contributed by atoms with Gasteiger partial charge >= 0.3 is 11.9 Å². The Kier molecular flexibility index (Phi) is 61.9. The van der Waals surface area contributed by atoms with E-state index in [-0.39, 0.29) is 32.0 Å². The third-order valence-electron chi connectivity index (χ3n) is 15.9. The number of likely N-dealkylation sites (N-methyl/N-ethyl adjacent to an activating group) is 1. The van der Waals surface area contributed by atoms with Gasteiger partial charge in [-0.15, -0.1) is 0 Å². The summed E-state index contributed by atoms with van der Waals surface area (Å²) in [6.07, 6.45) is 82.0. The Hall–Kier alpha value is -2.03. The molecule has 2 atom stereocenters. The molecule has 0 saturated heterocycles. The van der Waals surface area contributed by atoms with Crippen LogP contribution in [0, 0.1) is 0 Å². The molecule has 0 aromatic heterocycles. The zero-order chi connectivity index (χ0) is 59.8. The van der Waals surface area contributed by atoms with E-state index in [1.165, 1.54) is 257 Å². The lowest BCUT2D eigenvalue weighted by molar-refractivity contribution is -0.870. The van der Waals surface area contributed by atoms with E-state index in [0.29, 0.717) is 17.4 Å². The highest BCUT2D eigenvalue weighted by molar-refractivity contribution is 7.45. The van der Waals surface area contributed by atoms with Crippen LogP contribution >= 0.6 is 7.82 Å². The van der Waals surface area contributed by atoms with Gasteiger partial charge in [0.25, 0.3) is 7.82 Å². The van der Waals surface area contributed by atoms with E-state index in [4.69, 9.17) is 18.5 Å². The first-order chi connectivity index (χ1) is 40.0. The highest BCUT2D eigenvalue weighted by Gasteiger charge is 2.22. The van der Waals surface area contributed by atoms with Crippen molar-refractivity contribution in [2.24, 2.45) is 0 Å². The quantitative estimate of drug-likeness (QED) is 0.0195. The van der Waals surface area contributed by atoms with Gasteiger partial charge in [0, 0.05) is 12.8 Å². The molecule has 0 N–H and O–H groups in total. The third kappa shape index (κ3) is 67.1. The number of esters is 2. The Morgan fingerprint density at radius 2 is 0.695 bits per heavy atom. The molecule has 0 aliphatic heterocycles. The molecule has 0 spiro atoms. The minimum atomic E-state index is -4.64. The van der Waals surface area contributed by atoms with E-state index in [1.54, 1.807) is 0 Å². The molecule has 82 heavy (non-hydrogen) atoms. The van der Waals surface area contributed by atoms with Crippen molar-refractivity contribution in [2.75, 3.05) is 47.5 Å². The topological polar surface area (TPSA) is 111 Å². The average Bonchev–Trinajstić information content (AvgIpc) is 3.46. The van der Waals surface area contributed by atoms with Gasteiger partial charge < -0.3 is 27.9 Å². The molecule has 0 radical (unpaired) electrons. The molecule has 0 saturated carbocycles. The van der Waals surface area contributed by atoms with Crippen molar-refractivity contribution >= 4 is 19.8 Å². The molecule has 2 unspecified atom stereocenters. The van der Waals surface area contributed by atoms with Gasteiger partial charge in [0.1, 0.15) is 19.8 Å². The van der Waals surface area contributed by atoms with Crippen LogP contribution in [0.25, 0.3) is 0 Å². The summed E-state index contributed by atoms with van der Waals surface area (Å²) < 4.78 is 34.3. The number of phosphoric acid groups is 1. The molecule has 0 rings (SSSR count). The van der Waals surface area contributed by atoms with Gasteiger partial charge in [-0.2, -0.15) is 0 Å². The van der Waals surface area contributed by atoms with Crippen molar-refractivity contribution in [3.8, 4) is 0 Å². The smallest absolute Gasteiger partial charge is 0.306 e. The second-order valence-corrected chi connectivity index (χ2v) is 26.6. The van der Waals surface area contributed by atoms with Crippen LogP contribution in [0.3, 0.4) is 0 Å². The van der Waals surface area contributed by atoms with Crippen molar-refractivity contribution in [3.63, 3.8) is 0 Å². The van der Waals surface area contributed by atoms with Crippen LogP contribution in [-0.2, 0) is 32.7 Å². The van der Waals surface area contributed by atoms with Crippen molar-refractivity contribution in [1.29, 1.82) is 0 Å². The molecule has 0 heterocycles. The van der Waals surface area contributed by atoms with Crippen LogP contribution in [-0.4, -0.2) is 70.0 Å². The maximum absolute atomic E-state index is 12.9. The summed E-state index contributed by atoms with van der Waals surface area (Å²) in [5.41, 5.74) is 0. The summed E-state index contributed by atoms with van der Waals surface area (Å²) in [4.78, 5) is 38.1. The van der Waals surface area contributed by atoms with Crippen LogP contribution in [0.1, 0.15) is 348 Å². The van der Waals surface area contributed by atoms with Gasteiger partial charge in [0.15, 0.2) is 6.10 Å². The number of unbranched alkanes of at least 4 members (excludes halogenated alkanes) is 44. The largest absolute Gasteiger partial charge is 0.756 e. The number of rotatable bonds is 66. The summed E-state index contributed by atoms with van der Waals surface area (Å²) in [6.45, 7) is 4.20. The minimum Gasteiger partial charge on any atom is -0.756 e. The van der Waals surface area contributed by atoms with Gasteiger partial charge in [-0.25, -0.2) is 0 Å². The molecule has 9 nitrogen and oxygen atoms in total. The standard InChI is InChI=1S/C72H136NO8P/c1-6-8-10-12-14-16-18-20-22-24-26-28-30-32-34-35-36-37-39-41-43-45-47-49-51-53-55-57-59-61-63-65-72(75)81-70(69-80-82(76,77)79-67-66-73(3,4)5)68-78-71(74)64-62-60-58-56-54-52-50-48-46-44-42-40-38-33-31-29-27-25-23-21-19-17-15-13-11-9-7-2/h8,10,14,16,20,22,26,28,70H,6-7,9,11-13,15,17-19,21,23-25,27,29-69H2,1-5H3/b10-8-,16-14-,22-20-,28-26-. The van der Waals surface area contributed by atoms with Gasteiger partial charge in [0.2, 0.25) is 0 Å². The lowest BCUT2D eigenvalue weighted by atomic mass is 10.0. The number of carbonyl (C=O) groups excluding carboxylic acids is 2. The van der Waals surface area contributed by atoms with Crippen LogP contribution in [0.5, 0.6) is 0 Å². The molecule has 0 aromatic rings. The number of nitrogens with zero attached hydrogens (tertiary/aromatic N) is 1. The zero-order valence-corrected chi connectivity index (χ0v) is 55.8. The highest BCUT2D eigenvalue weighted by atomic mass is 31.2. The number of allylic oxidation sites excluding steroid dienone is 8. The molecule has 0 bridgehead atoms. The number of carbonyl (C=O) groups is 2. The summed E-state index contributed by atoms with van der Waals surface area (Å²) in [5, 5.41) is 0. The van der Waals surface area contributed by atoms with Crippen LogP contribution in [0.2, 0.25) is 0 Å². The molecular weight excluding hydrogens is 1040 g/mol. The van der Waals surface area contributed by atoms with E-state index in [1.807, 2.05) is 21.1 Å². The van der Waals surface area contributed by atoms with Gasteiger partial charge in [-0.1, -0.05) is 332 Å². The molecule has 0 aromatic carbocycles. The number of hydrogen-bond acceptors (Lipinski definition) is 8. The number of phosphoric ester groups is 1. The Morgan fingerprint density at radius 1 is 0.390 bits per heavy atom. The summed E-state index contributed by atoms with van der Waals surface area (Å²) >= 11 is 0. The maximum atomic E-state index is 12.9. The highest BCUT2D eigenvalue weighted by Crippen LogP contribution is 2.38. The first-order valence-electron chi connectivity index (χ1n) is 35.3. The van der Waals surface area contributed by atoms with E-state index in [2.05, 4.69) is 62.5 Å². The van der Waals surface area contributed by atoms with E-state index in [9.17, 15) is 19.0 Å². The maximum Gasteiger partial charge on any atom is 0.306 e. The zero-order valence-electron chi connectivity index (χ0n) is 55.0. The fourth-order valence-corrected chi connectivity index (χ4v) is 11.2. The lowest BCUT2D eigenvalue weighted by Crippen LogP contribution is -2.37. The summed E-state index contributed by atoms with van der Waals surface area (Å²) in [5.74, 6) is -0.812. The second kappa shape index (κ2) is 63.5. The number of ether oxygens (including phenoxy) is 2. The first kappa shape index (κ1) is 80.0. The van der Waals surface area contributed by atoms with E-state index < -0.39 is 26.5 Å². The van der Waals surface area contributed by atoms with Crippen molar-refractivity contribution in [2.45, 2.75) is 354 Å². The third-order valence-corrected chi connectivity index (χ3v) is 16.8. The van der Waals surface area contributed by atoms with Crippen LogP contribution in [0.15, 0.2) is 48.6 Å². The first-order valence-corrected chi connectivity index (χ1v) is 36.8. The Balaban J connectivity index is 3.99. The summed E-state index contributed by atoms with van der Waals surface area (Å²) in [7, 11) is 1.18. The molecule has 0 aliphatic rings. The Labute approximate surface area is 509 Å². The average molecular weight is 1170 g/mol. The van der Waals surface area contributed by atoms with Crippen LogP contribution in [0.4, 0.5) is 0 Å². The number of hydrogen-bond donors (Lipinski definition) is 0. The van der Waals surface area contributed by atoms with E-state index in [0.717, 1.165) is 57.8 Å². The van der Waals surface area contributed by atoms with Crippen molar-refractivity contribution < 1.29 is 42.1 Å². The van der Waals surface area contributed by atoms with Crippen molar-refractivity contribution in [1.82, 2.24) is 0 Å². The SMILES string of the molecule is CC/C=C\C/C=C\C/C=C\C/C=C\CCCCCCCCCCCCCCCCCCCCC(=O)OC(COC(=O)CCCCCCCCCCCCCCCCCCCCCCCCCCCCC)COP(=O)([O-])OCC[N+](C)(C)C. The lowest BCUT2D eigenvalue weighted by Gasteiger charge is -2.28. The van der Waals surface area contributed by atoms with Crippen molar-refractivity contribution in [3.05, 3.63) is 48.6 Å². The second-order valence-electron chi connectivity index (χ2n) is 25.2. The molecular formula is C72H136NO8P. The minimum absolute atomic E-state index is 0.0283. The molecule has 10 heteroatoms. The fourth-order valence-electron chi connectivity index (χ4n) is 10.5. The monoisotopic (exact) mass is 1170 g/mol. The molecule has 0 fully saturated rings. The Morgan fingerprint density at radius 3 is 1.04 bits per heavy atom. The van der Waals surface area contributed by atoms with Gasteiger partial charge in [0.05, 0.1) is 27.7 Å². The predicted octanol–water partition coefficient (Wildman–Crippen LogP) is 22.2. The summed E-state index contributed by atoms with van der Waals surface area (Å²) in [6, 6.07) is 0. The van der Waals surface area contributed by atoms with Gasteiger partial charge in [-0.05, 0) is 51.4 Å². The van der Waals surface area contributed by atoms with E-state index >= 15 is 0 Å². The normalized spacial score (nSPS) is 13.4. The Bertz CT molecular complexity index is 1520. The molecule has 482 valence electrons. The molecule has 0 aliphatic carbocycles. The van der Waals surface area contributed by atoms with Crippen LogP contribution < -0.4 is 4.89 Å². The number of quaternary nitrogens is 1. The fraction of sp³-hybridized carbons (Fsp3) is 0.861. The van der Waals surface area contributed by atoms with Gasteiger partial charge in [-0.3, -0.25) is 14.2 Å². The predicted molar refractivity (Wildman–Crippen MR) is 351 cm³/mol.